The van der Waals surface area contributed by atoms with Crippen LogP contribution >= 0.6 is 0 Å². The fraction of sp³-hybridized carbons (Fsp3) is 0.533. The summed E-state index contributed by atoms with van der Waals surface area (Å²) in [6.07, 6.45) is 0.0783. The SMILES string of the molecule is COc1ccc(NC(=O)N2C[C@@H](C)O[C@H](C)C2)c(OC)c1. The molecule has 0 saturated carbocycles. The lowest BCUT2D eigenvalue weighted by Gasteiger charge is -2.35. The summed E-state index contributed by atoms with van der Waals surface area (Å²) < 4.78 is 16.1. The van der Waals surface area contributed by atoms with Gasteiger partial charge >= 0.3 is 6.03 Å². The van der Waals surface area contributed by atoms with Crippen LogP contribution in [-0.2, 0) is 4.74 Å². The molecule has 0 radical (unpaired) electrons. The number of urea groups is 1. The molecule has 0 spiro atoms. The maximum absolute atomic E-state index is 12.4. The van der Waals surface area contributed by atoms with Gasteiger partial charge in [0, 0.05) is 19.2 Å². The van der Waals surface area contributed by atoms with Gasteiger partial charge in [-0.15, -0.1) is 0 Å². The topological polar surface area (TPSA) is 60.0 Å². The van der Waals surface area contributed by atoms with Gasteiger partial charge in [0.25, 0.3) is 0 Å². The maximum Gasteiger partial charge on any atom is 0.322 e. The number of anilines is 1. The van der Waals surface area contributed by atoms with Gasteiger partial charge in [-0.3, -0.25) is 0 Å². The van der Waals surface area contributed by atoms with Crippen molar-refractivity contribution in [1.82, 2.24) is 4.90 Å². The van der Waals surface area contributed by atoms with E-state index < -0.39 is 0 Å². The maximum atomic E-state index is 12.4. The third-order valence-electron chi connectivity index (χ3n) is 3.36. The minimum absolute atomic E-state index is 0.0391. The first kappa shape index (κ1) is 15.4. The highest BCUT2D eigenvalue weighted by molar-refractivity contribution is 5.91. The van der Waals surface area contributed by atoms with Gasteiger partial charge in [0.2, 0.25) is 0 Å². The highest BCUT2D eigenvalue weighted by Crippen LogP contribution is 2.29. The Bertz CT molecular complexity index is 496. The van der Waals surface area contributed by atoms with Crippen LogP contribution in [0.4, 0.5) is 10.5 Å². The minimum Gasteiger partial charge on any atom is -0.497 e. The van der Waals surface area contributed by atoms with Crippen molar-refractivity contribution in [2.24, 2.45) is 0 Å². The van der Waals surface area contributed by atoms with E-state index in [1.54, 1.807) is 37.3 Å². The molecule has 2 rings (SSSR count). The molecule has 0 bridgehead atoms. The Morgan fingerprint density at radius 2 is 1.90 bits per heavy atom. The van der Waals surface area contributed by atoms with Crippen molar-refractivity contribution >= 4 is 11.7 Å². The molecule has 1 aliphatic rings. The molecule has 1 saturated heterocycles. The van der Waals surface area contributed by atoms with Gasteiger partial charge in [0.05, 0.1) is 32.1 Å². The second-order valence-electron chi connectivity index (χ2n) is 5.16. The Morgan fingerprint density at radius 1 is 1.24 bits per heavy atom. The Morgan fingerprint density at radius 3 is 2.48 bits per heavy atom. The van der Waals surface area contributed by atoms with Gasteiger partial charge in [-0.1, -0.05) is 0 Å². The Kier molecular flexibility index (Phi) is 4.90. The van der Waals surface area contributed by atoms with E-state index in [1.807, 2.05) is 13.8 Å². The molecule has 116 valence electrons. The number of carbonyl (C=O) groups excluding carboxylic acids is 1. The number of amides is 2. The fourth-order valence-electron chi connectivity index (χ4n) is 2.44. The first-order valence-electron chi connectivity index (χ1n) is 6.97. The summed E-state index contributed by atoms with van der Waals surface area (Å²) in [5.41, 5.74) is 0.620. The van der Waals surface area contributed by atoms with Crippen molar-refractivity contribution in [3.8, 4) is 11.5 Å². The second kappa shape index (κ2) is 6.67. The number of carbonyl (C=O) groups is 1. The van der Waals surface area contributed by atoms with Crippen molar-refractivity contribution in [2.45, 2.75) is 26.1 Å². The number of rotatable bonds is 3. The molecule has 0 aliphatic carbocycles. The fourth-order valence-corrected chi connectivity index (χ4v) is 2.44. The van der Waals surface area contributed by atoms with Crippen LogP contribution in [0.1, 0.15) is 13.8 Å². The first-order valence-corrected chi connectivity index (χ1v) is 6.97. The van der Waals surface area contributed by atoms with Gasteiger partial charge in [-0.2, -0.15) is 0 Å². The Balaban J connectivity index is 2.08. The molecule has 0 unspecified atom stereocenters. The van der Waals surface area contributed by atoms with Gasteiger partial charge in [0.15, 0.2) is 0 Å². The summed E-state index contributed by atoms with van der Waals surface area (Å²) in [6, 6.07) is 5.13. The van der Waals surface area contributed by atoms with E-state index in [9.17, 15) is 4.79 Å². The molecule has 6 nitrogen and oxygen atoms in total. The Hall–Kier alpha value is -1.95. The van der Waals surface area contributed by atoms with E-state index in [2.05, 4.69) is 5.32 Å². The zero-order chi connectivity index (χ0) is 15.4. The van der Waals surface area contributed by atoms with Gasteiger partial charge in [-0.05, 0) is 26.0 Å². The number of hydrogen-bond acceptors (Lipinski definition) is 4. The molecule has 0 aromatic heterocycles. The molecule has 1 N–H and O–H groups in total. The zero-order valence-electron chi connectivity index (χ0n) is 12.9. The van der Waals surface area contributed by atoms with Crippen LogP contribution in [0, 0.1) is 0 Å². The highest BCUT2D eigenvalue weighted by atomic mass is 16.5. The molecule has 2 atom stereocenters. The van der Waals surface area contributed by atoms with Crippen LogP contribution < -0.4 is 14.8 Å². The number of morpholine rings is 1. The normalized spacial score (nSPS) is 21.8. The van der Waals surface area contributed by atoms with Gasteiger partial charge in [0.1, 0.15) is 11.5 Å². The molecule has 1 fully saturated rings. The molecule has 6 heteroatoms. The van der Waals surface area contributed by atoms with Crippen LogP contribution in [0.25, 0.3) is 0 Å². The monoisotopic (exact) mass is 294 g/mol. The van der Waals surface area contributed by atoms with Crippen molar-refractivity contribution in [3.05, 3.63) is 18.2 Å². The molecule has 21 heavy (non-hydrogen) atoms. The number of hydrogen-bond donors (Lipinski definition) is 1. The molecule has 2 amide bonds. The van der Waals surface area contributed by atoms with Crippen LogP contribution in [0.5, 0.6) is 11.5 Å². The third kappa shape index (κ3) is 3.78. The average molecular weight is 294 g/mol. The molecule has 1 aliphatic heterocycles. The zero-order valence-corrected chi connectivity index (χ0v) is 12.9. The molecular formula is C15H22N2O4. The lowest BCUT2D eigenvalue weighted by atomic mass is 10.2. The number of ether oxygens (including phenoxy) is 3. The van der Waals surface area contributed by atoms with Crippen LogP contribution in [0.15, 0.2) is 18.2 Å². The predicted molar refractivity (Wildman–Crippen MR) is 80.1 cm³/mol. The van der Waals surface area contributed by atoms with Crippen LogP contribution in [-0.4, -0.2) is 50.4 Å². The quantitative estimate of drug-likeness (QED) is 0.929. The van der Waals surface area contributed by atoms with E-state index in [0.29, 0.717) is 30.3 Å². The Labute approximate surface area is 125 Å². The van der Waals surface area contributed by atoms with E-state index in [0.717, 1.165) is 0 Å². The molecule has 1 aromatic carbocycles. The third-order valence-corrected chi connectivity index (χ3v) is 3.36. The largest absolute Gasteiger partial charge is 0.497 e. The first-order chi connectivity index (χ1) is 10.0. The highest BCUT2D eigenvalue weighted by Gasteiger charge is 2.26. The van der Waals surface area contributed by atoms with Crippen molar-refractivity contribution < 1.29 is 19.0 Å². The van der Waals surface area contributed by atoms with Crippen molar-refractivity contribution in [2.75, 3.05) is 32.6 Å². The van der Waals surface area contributed by atoms with Gasteiger partial charge in [-0.25, -0.2) is 4.79 Å². The van der Waals surface area contributed by atoms with Gasteiger partial charge < -0.3 is 24.4 Å². The van der Waals surface area contributed by atoms with E-state index in [-0.39, 0.29) is 18.2 Å². The predicted octanol–water partition coefficient (Wildman–Crippen LogP) is 2.34. The van der Waals surface area contributed by atoms with Crippen molar-refractivity contribution in [3.63, 3.8) is 0 Å². The summed E-state index contributed by atoms with van der Waals surface area (Å²) in [4.78, 5) is 14.1. The number of nitrogens with one attached hydrogen (secondary N) is 1. The van der Waals surface area contributed by atoms with E-state index in [1.165, 1.54) is 0 Å². The standard InChI is InChI=1S/C15H22N2O4/c1-10-8-17(9-11(2)21-10)15(18)16-13-6-5-12(19-3)7-14(13)20-4/h5-7,10-11H,8-9H2,1-4H3,(H,16,18)/t10-,11-/m1/s1. The lowest BCUT2D eigenvalue weighted by molar-refractivity contribution is -0.0530. The minimum atomic E-state index is -0.152. The summed E-state index contributed by atoms with van der Waals surface area (Å²) in [7, 11) is 3.15. The summed E-state index contributed by atoms with van der Waals surface area (Å²) in [5, 5.41) is 2.87. The van der Waals surface area contributed by atoms with Crippen molar-refractivity contribution in [1.29, 1.82) is 0 Å². The summed E-state index contributed by atoms with van der Waals surface area (Å²) in [5.74, 6) is 1.25. The summed E-state index contributed by atoms with van der Waals surface area (Å²) >= 11 is 0. The molecule has 1 aromatic rings. The smallest absolute Gasteiger partial charge is 0.322 e. The van der Waals surface area contributed by atoms with Crippen LogP contribution in [0.3, 0.4) is 0 Å². The van der Waals surface area contributed by atoms with E-state index >= 15 is 0 Å². The van der Waals surface area contributed by atoms with Crippen LogP contribution in [0.2, 0.25) is 0 Å². The average Bonchev–Trinajstić information content (AvgIpc) is 2.46. The molecule has 1 heterocycles. The molecular weight excluding hydrogens is 272 g/mol. The lowest BCUT2D eigenvalue weighted by Crippen LogP contribution is -2.49. The number of benzene rings is 1. The second-order valence-corrected chi connectivity index (χ2v) is 5.16. The van der Waals surface area contributed by atoms with E-state index in [4.69, 9.17) is 14.2 Å². The number of methoxy groups -OCH3 is 2. The summed E-state index contributed by atoms with van der Waals surface area (Å²) in [6.45, 7) is 5.08. The number of nitrogens with zero attached hydrogens (tertiary/aromatic N) is 1.